The van der Waals surface area contributed by atoms with Gasteiger partial charge in [0.25, 0.3) is 0 Å². The van der Waals surface area contributed by atoms with Crippen LogP contribution in [0, 0.1) is 35.5 Å². The standard InChI is InChI=1S/C30H44N4O2S/c1-5-21(4)27-26(20(2)3)29(35)34(30(27)36)19-23-11-7-6-10-22(23)18-32-14-16-33(17-15-32)28-24-12-8-9-13-25(24)37-31-28/h8-9,12-13,20-23,26-27H,5-7,10-11,14-19H2,1-4H3/t21?,22-,23-,26-,27+/m0/s1. The Balaban J connectivity index is 1.21. The van der Waals surface area contributed by atoms with E-state index in [1.807, 2.05) is 0 Å². The summed E-state index contributed by atoms with van der Waals surface area (Å²) >= 11 is 1.59. The molecule has 2 saturated heterocycles. The lowest BCUT2D eigenvalue weighted by Gasteiger charge is -2.40. The van der Waals surface area contributed by atoms with Crippen molar-refractivity contribution in [3.63, 3.8) is 0 Å². The van der Waals surface area contributed by atoms with Gasteiger partial charge < -0.3 is 4.90 Å². The Morgan fingerprint density at radius 3 is 2.24 bits per heavy atom. The Morgan fingerprint density at radius 2 is 1.57 bits per heavy atom. The third kappa shape index (κ3) is 5.31. The fourth-order valence-electron chi connectivity index (χ4n) is 7.08. The van der Waals surface area contributed by atoms with E-state index in [1.54, 1.807) is 16.4 Å². The number of piperazine rings is 1. The van der Waals surface area contributed by atoms with Crippen molar-refractivity contribution in [3.05, 3.63) is 24.3 Å². The molecule has 3 heterocycles. The summed E-state index contributed by atoms with van der Waals surface area (Å²) in [5.74, 6) is 2.47. The van der Waals surface area contributed by atoms with Gasteiger partial charge in [-0.25, -0.2) is 0 Å². The van der Waals surface area contributed by atoms with Crippen LogP contribution in [0.5, 0.6) is 0 Å². The van der Waals surface area contributed by atoms with Gasteiger partial charge in [0.2, 0.25) is 11.8 Å². The predicted molar refractivity (Wildman–Crippen MR) is 152 cm³/mol. The number of imide groups is 1. The summed E-state index contributed by atoms with van der Waals surface area (Å²) in [5.41, 5.74) is 0. The van der Waals surface area contributed by atoms with Crippen molar-refractivity contribution >= 4 is 39.3 Å². The molecule has 1 aromatic heterocycles. The number of rotatable bonds is 8. The van der Waals surface area contributed by atoms with Gasteiger partial charge in [0.15, 0.2) is 0 Å². The molecule has 7 heteroatoms. The second kappa shape index (κ2) is 11.4. The van der Waals surface area contributed by atoms with Crippen LogP contribution in [0.25, 0.3) is 10.1 Å². The van der Waals surface area contributed by atoms with Crippen molar-refractivity contribution in [2.45, 2.75) is 59.8 Å². The first kappa shape index (κ1) is 26.6. The van der Waals surface area contributed by atoms with Gasteiger partial charge in [0, 0.05) is 44.7 Å². The van der Waals surface area contributed by atoms with Crippen molar-refractivity contribution in [2.75, 3.05) is 44.2 Å². The summed E-state index contributed by atoms with van der Waals surface area (Å²) in [7, 11) is 0. The molecule has 0 bridgehead atoms. The van der Waals surface area contributed by atoms with E-state index in [4.69, 9.17) is 4.37 Å². The summed E-state index contributed by atoms with van der Waals surface area (Å²) in [6, 6.07) is 8.52. The maximum atomic E-state index is 13.5. The molecule has 5 rings (SSSR count). The van der Waals surface area contributed by atoms with E-state index >= 15 is 0 Å². The Hall–Kier alpha value is -1.99. The molecule has 37 heavy (non-hydrogen) atoms. The molecule has 0 radical (unpaired) electrons. The Labute approximate surface area is 226 Å². The highest BCUT2D eigenvalue weighted by atomic mass is 32.1. The number of likely N-dealkylation sites (tertiary alicyclic amines) is 1. The van der Waals surface area contributed by atoms with Gasteiger partial charge in [-0.05, 0) is 60.2 Å². The van der Waals surface area contributed by atoms with E-state index in [-0.39, 0.29) is 35.5 Å². The topological polar surface area (TPSA) is 56.8 Å². The maximum absolute atomic E-state index is 13.5. The number of carbonyl (C=O) groups is 2. The molecule has 3 fully saturated rings. The van der Waals surface area contributed by atoms with Gasteiger partial charge in [-0.3, -0.25) is 19.4 Å². The SMILES string of the molecule is CCC(C)[C@H]1C(=O)N(C[C@@H]2CCCC[C@H]2CN2CCN(c3nsc4ccccc34)CC2)C(=O)[C@H]1C(C)C. The average molecular weight is 525 g/mol. The first-order chi connectivity index (χ1) is 17.9. The Bertz CT molecular complexity index is 1090. The van der Waals surface area contributed by atoms with E-state index in [9.17, 15) is 9.59 Å². The number of amides is 2. The van der Waals surface area contributed by atoms with Crippen LogP contribution in [0.3, 0.4) is 0 Å². The predicted octanol–water partition coefficient (Wildman–Crippen LogP) is 5.53. The van der Waals surface area contributed by atoms with Crippen LogP contribution in [0.2, 0.25) is 0 Å². The summed E-state index contributed by atoms with van der Waals surface area (Å²) < 4.78 is 6.02. The van der Waals surface area contributed by atoms with Crippen molar-refractivity contribution in [1.29, 1.82) is 0 Å². The lowest BCUT2D eigenvalue weighted by molar-refractivity contribution is -0.141. The smallest absolute Gasteiger partial charge is 0.233 e. The van der Waals surface area contributed by atoms with Gasteiger partial charge in [-0.15, -0.1) is 0 Å². The third-order valence-corrected chi connectivity index (χ3v) is 10.3. The molecule has 2 amide bonds. The highest BCUT2D eigenvalue weighted by molar-refractivity contribution is 7.13. The van der Waals surface area contributed by atoms with Gasteiger partial charge >= 0.3 is 0 Å². The molecule has 1 aromatic carbocycles. The molecule has 0 spiro atoms. The molecule has 1 unspecified atom stereocenters. The van der Waals surface area contributed by atoms with Crippen LogP contribution in [-0.4, -0.2) is 65.3 Å². The average Bonchev–Trinajstić information content (AvgIpc) is 3.44. The number of carbonyl (C=O) groups excluding carboxylic acids is 2. The zero-order chi connectivity index (χ0) is 26.1. The molecular weight excluding hydrogens is 480 g/mol. The van der Waals surface area contributed by atoms with Crippen LogP contribution < -0.4 is 4.90 Å². The number of fused-ring (bicyclic) bond motifs is 1. The Kier molecular flexibility index (Phi) is 8.20. The number of benzene rings is 1. The van der Waals surface area contributed by atoms with Crippen LogP contribution >= 0.6 is 11.5 Å². The van der Waals surface area contributed by atoms with Gasteiger partial charge in [-0.1, -0.05) is 59.1 Å². The van der Waals surface area contributed by atoms with Crippen molar-refractivity contribution < 1.29 is 9.59 Å². The molecule has 1 aliphatic carbocycles. The molecule has 202 valence electrons. The van der Waals surface area contributed by atoms with Crippen LogP contribution in [-0.2, 0) is 9.59 Å². The summed E-state index contributed by atoms with van der Waals surface area (Å²) in [6.45, 7) is 14.3. The van der Waals surface area contributed by atoms with Crippen molar-refractivity contribution in [1.82, 2.24) is 14.2 Å². The van der Waals surface area contributed by atoms with Crippen LogP contribution in [0.4, 0.5) is 5.82 Å². The molecule has 5 atom stereocenters. The monoisotopic (exact) mass is 524 g/mol. The van der Waals surface area contributed by atoms with E-state index in [1.165, 1.54) is 29.3 Å². The van der Waals surface area contributed by atoms with E-state index < -0.39 is 0 Å². The molecular formula is C30H44N4O2S. The Morgan fingerprint density at radius 1 is 0.919 bits per heavy atom. The first-order valence-corrected chi connectivity index (χ1v) is 15.3. The van der Waals surface area contributed by atoms with Gasteiger partial charge in [0.05, 0.1) is 16.5 Å². The van der Waals surface area contributed by atoms with Gasteiger partial charge in [0.1, 0.15) is 5.82 Å². The lowest BCUT2D eigenvalue weighted by Crippen LogP contribution is -2.49. The highest BCUT2D eigenvalue weighted by Gasteiger charge is 2.51. The first-order valence-electron chi connectivity index (χ1n) is 14.6. The number of hydrogen-bond donors (Lipinski definition) is 0. The summed E-state index contributed by atoms with van der Waals surface area (Å²) in [4.78, 5) is 33.8. The summed E-state index contributed by atoms with van der Waals surface area (Å²) in [5, 5.41) is 1.27. The zero-order valence-electron chi connectivity index (χ0n) is 23.1. The fraction of sp³-hybridized carbons (Fsp3) is 0.700. The minimum Gasteiger partial charge on any atom is -0.353 e. The highest BCUT2D eigenvalue weighted by Crippen LogP contribution is 2.40. The normalized spacial score (nSPS) is 28.6. The molecule has 2 aromatic rings. The lowest BCUT2D eigenvalue weighted by atomic mass is 9.77. The van der Waals surface area contributed by atoms with Crippen molar-refractivity contribution in [2.24, 2.45) is 35.5 Å². The minimum atomic E-state index is -0.153. The van der Waals surface area contributed by atoms with E-state index in [0.29, 0.717) is 18.4 Å². The summed E-state index contributed by atoms with van der Waals surface area (Å²) in [6.07, 6.45) is 5.75. The largest absolute Gasteiger partial charge is 0.353 e. The molecule has 0 N–H and O–H groups in total. The third-order valence-electron chi connectivity index (χ3n) is 9.47. The maximum Gasteiger partial charge on any atom is 0.233 e. The second-order valence-electron chi connectivity index (χ2n) is 12.1. The number of hydrogen-bond acceptors (Lipinski definition) is 6. The number of anilines is 1. The van der Waals surface area contributed by atoms with E-state index in [0.717, 1.165) is 51.4 Å². The zero-order valence-corrected chi connectivity index (χ0v) is 23.9. The fourth-order valence-corrected chi connectivity index (χ4v) is 7.88. The van der Waals surface area contributed by atoms with Gasteiger partial charge in [-0.2, -0.15) is 4.37 Å². The van der Waals surface area contributed by atoms with Crippen LogP contribution in [0.15, 0.2) is 24.3 Å². The molecule has 1 saturated carbocycles. The molecule has 6 nitrogen and oxygen atoms in total. The number of aromatic nitrogens is 1. The van der Waals surface area contributed by atoms with E-state index in [2.05, 4.69) is 61.8 Å². The molecule has 3 aliphatic rings. The quantitative estimate of drug-likeness (QED) is 0.425. The number of nitrogens with zero attached hydrogens (tertiary/aromatic N) is 4. The van der Waals surface area contributed by atoms with Crippen molar-refractivity contribution in [3.8, 4) is 0 Å². The minimum absolute atomic E-state index is 0.0960. The molecule has 2 aliphatic heterocycles. The second-order valence-corrected chi connectivity index (χ2v) is 12.9. The van der Waals surface area contributed by atoms with Crippen LogP contribution in [0.1, 0.15) is 59.8 Å².